The second-order valence-corrected chi connectivity index (χ2v) is 2.48. The second kappa shape index (κ2) is 5.80. The van der Waals surface area contributed by atoms with E-state index in [1.807, 2.05) is 0 Å². The van der Waals surface area contributed by atoms with Crippen molar-refractivity contribution in [3.05, 3.63) is 24.7 Å². The molecule has 0 saturated heterocycles. The third kappa shape index (κ3) is 4.93. The summed E-state index contributed by atoms with van der Waals surface area (Å²) in [4.78, 5) is 3.65. The van der Waals surface area contributed by atoms with Crippen LogP contribution < -0.4 is 0 Å². The van der Waals surface area contributed by atoms with E-state index in [-0.39, 0.29) is 10.9 Å². The Morgan fingerprint density at radius 1 is 1.75 bits per heavy atom. The van der Waals surface area contributed by atoms with Crippen LogP contribution in [0.5, 0.6) is 0 Å². The summed E-state index contributed by atoms with van der Waals surface area (Å²) in [5.41, 5.74) is 0. The molecule has 0 aromatic heterocycles. The monoisotopic (exact) mass is 189 g/mol. The first-order valence-electron chi connectivity index (χ1n) is 3.41. The molecular weight excluding hydrogens is 178 g/mol. The number of hydrogen-bond donors (Lipinski definition) is 1. The smallest absolute Gasteiger partial charge is 0.165 e. The van der Waals surface area contributed by atoms with E-state index in [0.717, 1.165) is 0 Å². The van der Waals surface area contributed by atoms with Crippen molar-refractivity contribution < 1.29 is 9.84 Å². The molecule has 1 unspecified atom stereocenters. The quantitative estimate of drug-likeness (QED) is 0.540. The molecule has 0 aliphatic rings. The van der Waals surface area contributed by atoms with Crippen molar-refractivity contribution in [2.24, 2.45) is 4.99 Å². The molecule has 4 heteroatoms. The zero-order valence-electron chi connectivity index (χ0n) is 7.12. The summed E-state index contributed by atoms with van der Waals surface area (Å²) >= 11 is 5.56. The van der Waals surface area contributed by atoms with Gasteiger partial charge in [-0.05, 0) is 13.0 Å². The van der Waals surface area contributed by atoms with Gasteiger partial charge >= 0.3 is 0 Å². The molecule has 3 nitrogen and oxygen atoms in total. The van der Waals surface area contributed by atoms with Gasteiger partial charge < -0.3 is 9.84 Å². The van der Waals surface area contributed by atoms with Gasteiger partial charge in [0.25, 0.3) is 0 Å². The second-order valence-electron chi connectivity index (χ2n) is 2.12. The van der Waals surface area contributed by atoms with Crippen LogP contribution in [-0.4, -0.2) is 23.4 Å². The van der Waals surface area contributed by atoms with Gasteiger partial charge in [0.15, 0.2) is 10.9 Å². The average Bonchev–Trinajstić information content (AvgIpc) is 2.02. The van der Waals surface area contributed by atoms with Gasteiger partial charge in [0.05, 0.1) is 12.4 Å². The van der Waals surface area contributed by atoms with Crippen molar-refractivity contribution in [3.8, 4) is 0 Å². The highest BCUT2D eigenvalue weighted by Crippen LogP contribution is 2.02. The number of allylic oxidation sites excluding steroid dienone is 1. The molecule has 0 rings (SSSR count). The summed E-state index contributed by atoms with van der Waals surface area (Å²) in [7, 11) is 1.54. The third-order valence-corrected chi connectivity index (χ3v) is 1.37. The highest BCUT2D eigenvalue weighted by Gasteiger charge is 1.98. The fraction of sp³-hybridized carbons (Fsp3) is 0.375. The van der Waals surface area contributed by atoms with Crippen LogP contribution in [-0.2, 0) is 4.74 Å². The van der Waals surface area contributed by atoms with Gasteiger partial charge in [-0.25, -0.2) is 0 Å². The molecule has 0 spiro atoms. The van der Waals surface area contributed by atoms with Gasteiger partial charge in [-0.3, -0.25) is 4.99 Å². The Morgan fingerprint density at radius 3 is 2.75 bits per heavy atom. The molecule has 0 aromatic rings. The zero-order valence-corrected chi connectivity index (χ0v) is 7.88. The van der Waals surface area contributed by atoms with Crippen LogP contribution in [0.25, 0.3) is 0 Å². The molecule has 0 amide bonds. The van der Waals surface area contributed by atoms with E-state index in [2.05, 4.69) is 11.6 Å². The Labute approximate surface area is 77.0 Å². The van der Waals surface area contributed by atoms with Crippen LogP contribution in [0.4, 0.5) is 0 Å². The van der Waals surface area contributed by atoms with Crippen LogP contribution >= 0.6 is 11.6 Å². The maximum absolute atomic E-state index is 8.80. The lowest BCUT2D eigenvalue weighted by Crippen LogP contribution is -1.96. The highest BCUT2D eigenvalue weighted by atomic mass is 35.5. The van der Waals surface area contributed by atoms with Gasteiger partial charge in [-0.2, -0.15) is 0 Å². The minimum atomic E-state index is -0.546. The Balaban J connectivity index is 3.88. The molecule has 0 aromatic carbocycles. The molecule has 0 radical (unpaired) electrons. The maximum Gasteiger partial charge on any atom is 0.165 e. The van der Waals surface area contributed by atoms with Crippen molar-refractivity contribution in [2.45, 2.75) is 13.0 Å². The molecule has 68 valence electrons. The Kier molecular flexibility index (Phi) is 5.41. The van der Waals surface area contributed by atoms with Gasteiger partial charge in [-0.15, -0.1) is 0 Å². The number of halogens is 1. The molecule has 0 heterocycles. The van der Waals surface area contributed by atoms with Crippen LogP contribution in [0.15, 0.2) is 29.7 Å². The minimum absolute atomic E-state index is 0.213. The molecule has 0 bridgehead atoms. The molecule has 0 aliphatic carbocycles. The first-order valence-corrected chi connectivity index (χ1v) is 3.78. The number of ether oxygens (including phenoxy) is 1. The number of aliphatic hydroxyl groups excluding tert-OH is 1. The van der Waals surface area contributed by atoms with Gasteiger partial charge in [0.1, 0.15) is 0 Å². The van der Waals surface area contributed by atoms with E-state index in [0.29, 0.717) is 0 Å². The van der Waals surface area contributed by atoms with E-state index in [9.17, 15) is 0 Å². The molecule has 12 heavy (non-hydrogen) atoms. The van der Waals surface area contributed by atoms with Crippen molar-refractivity contribution in [1.82, 2.24) is 0 Å². The van der Waals surface area contributed by atoms with Crippen LogP contribution in [0.1, 0.15) is 6.92 Å². The van der Waals surface area contributed by atoms with E-state index >= 15 is 0 Å². The molecule has 1 N–H and O–H groups in total. The Hall–Kier alpha value is -0.800. The normalized spacial score (nSPS) is 14.8. The summed E-state index contributed by atoms with van der Waals surface area (Å²) in [6, 6.07) is 0. The van der Waals surface area contributed by atoms with Crippen molar-refractivity contribution in [3.63, 3.8) is 0 Å². The molecule has 0 fully saturated rings. The summed E-state index contributed by atoms with van der Waals surface area (Å²) in [5, 5.41) is 9.01. The SMILES string of the molecule is C=C(O/C=C\C(C)O)C(Cl)=NC. The Morgan fingerprint density at radius 2 is 2.33 bits per heavy atom. The van der Waals surface area contributed by atoms with Crippen LogP contribution in [0.2, 0.25) is 0 Å². The van der Waals surface area contributed by atoms with Crippen LogP contribution in [0.3, 0.4) is 0 Å². The molecular formula is C8H12ClNO2. The zero-order chi connectivity index (χ0) is 9.56. The summed E-state index contributed by atoms with van der Waals surface area (Å²) in [5.74, 6) is 0.260. The number of rotatable bonds is 4. The lowest BCUT2D eigenvalue weighted by Gasteiger charge is -2.00. The Bertz CT molecular complexity index is 209. The first kappa shape index (κ1) is 11.2. The topological polar surface area (TPSA) is 41.8 Å². The van der Waals surface area contributed by atoms with Gasteiger partial charge in [0, 0.05) is 7.05 Å². The van der Waals surface area contributed by atoms with Crippen molar-refractivity contribution in [2.75, 3.05) is 7.05 Å². The van der Waals surface area contributed by atoms with Gasteiger partial charge in [0.2, 0.25) is 0 Å². The average molecular weight is 190 g/mol. The highest BCUT2D eigenvalue weighted by molar-refractivity contribution is 6.69. The van der Waals surface area contributed by atoms with E-state index in [1.54, 1.807) is 6.92 Å². The fourth-order valence-corrected chi connectivity index (χ4v) is 0.453. The summed E-state index contributed by atoms with van der Waals surface area (Å²) < 4.78 is 4.91. The summed E-state index contributed by atoms with van der Waals surface area (Å²) in [6.45, 7) is 5.11. The lowest BCUT2D eigenvalue weighted by molar-refractivity contribution is 0.238. The van der Waals surface area contributed by atoms with E-state index < -0.39 is 6.10 Å². The first-order chi connectivity index (χ1) is 5.57. The number of hydrogen-bond acceptors (Lipinski definition) is 3. The molecule has 0 saturated carbocycles. The lowest BCUT2D eigenvalue weighted by atomic mass is 10.4. The number of nitrogens with zero attached hydrogens (tertiary/aromatic N) is 1. The predicted molar refractivity (Wildman–Crippen MR) is 50.3 cm³/mol. The summed E-state index contributed by atoms with van der Waals surface area (Å²) in [6.07, 6.45) is 2.24. The number of aliphatic imine (C=N–C) groups is 1. The van der Waals surface area contributed by atoms with E-state index in [1.165, 1.54) is 19.4 Å². The largest absolute Gasteiger partial charge is 0.463 e. The van der Waals surface area contributed by atoms with Gasteiger partial charge in [-0.1, -0.05) is 18.2 Å². The maximum atomic E-state index is 8.80. The van der Waals surface area contributed by atoms with Crippen molar-refractivity contribution in [1.29, 1.82) is 0 Å². The van der Waals surface area contributed by atoms with Crippen molar-refractivity contribution >= 4 is 16.8 Å². The molecule has 0 aliphatic heterocycles. The fourth-order valence-electron chi connectivity index (χ4n) is 0.408. The predicted octanol–water partition coefficient (Wildman–Crippen LogP) is 1.68. The van der Waals surface area contributed by atoms with Crippen LogP contribution in [0, 0.1) is 0 Å². The standard InChI is InChI=1S/C8H12ClNO2/c1-6(11)4-5-12-7(2)8(9)10-3/h4-6,11H,2H2,1,3H3/b5-4-,10-8?. The molecule has 1 atom stereocenters. The van der Waals surface area contributed by atoms with E-state index in [4.69, 9.17) is 21.4 Å². The third-order valence-electron chi connectivity index (χ3n) is 0.994. The number of aliphatic hydroxyl groups is 1. The minimum Gasteiger partial charge on any atom is -0.463 e.